The number of hydrogen-bond acceptors (Lipinski definition) is 16. The van der Waals surface area contributed by atoms with Crippen LogP contribution in [0.3, 0.4) is 0 Å². The fraction of sp³-hybridized carbons (Fsp3) is 0.429. The summed E-state index contributed by atoms with van der Waals surface area (Å²) >= 11 is 0. The van der Waals surface area contributed by atoms with Gasteiger partial charge >= 0.3 is 47.8 Å². The second-order valence-electron chi connectivity index (χ2n) is 13.1. The third-order valence-corrected chi connectivity index (χ3v) is 7.35. The highest BCUT2D eigenvalue weighted by molar-refractivity contribution is 5.95. The number of hydrogen-bond donors (Lipinski definition) is 12. The Hall–Kier alpha value is -7.28. The minimum Gasteiger partial charge on any atom is -0.480 e. The number of carboxylic acids is 8. The highest BCUT2D eigenvalue weighted by Crippen LogP contribution is 2.08. The fourth-order valence-electron chi connectivity index (χ4n) is 4.54. The van der Waals surface area contributed by atoms with Crippen molar-refractivity contribution >= 4 is 72.6 Å². The van der Waals surface area contributed by atoms with Gasteiger partial charge < -0.3 is 62.1 Å². The van der Waals surface area contributed by atoms with Crippen LogP contribution in [0.5, 0.6) is 0 Å². The van der Waals surface area contributed by atoms with E-state index in [4.69, 9.17) is 40.9 Å². The summed E-state index contributed by atoms with van der Waals surface area (Å²) < 4.78 is 0. The molecule has 0 unspecified atom stereocenters. The molecular weight excluding hydrogens is 873 g/mol. The summed E-state index contributed by atoms with van der Waals surface area (Å²) in [5.74, 6) is -7.43. The van der Waals surface area contributed by atoms with E-state index in [-0.39, 0.29) is 52.4 Å². The Morgan fingerprint density at radius 3 is 1.05 bits per heavy atom. The molecule has 0 spiro atoms. The number of carbonyl (C=O) groups is 8. The van der Waals surface area contributed by atoms with E-state index < -0.39 is 47.8 Å². The molecule has 0 amide bonds. The van der Waals surface area contributed by atoms with Crippen molar-refractivity contribution < 1.29 is 79.2 Å². The summed E-state index contributed by atoms with van der Waals surface area (Å²) in [6, 6.07) is 14.5. The average molecular weight is 933 g/mol. The molecule has 24 heteroatoms. The standard InChI is InChI=1S/C12H16N2O4.C12H12N2O4.C9H18N2O4.C9H14N2O4/c2*15-11(16)7-13-5-9-3-1-2-4-10(9)6-14-8-12(17)18;2*12-8(13)6-10-4-2-1-3-5-11-7-9(14)15/h1-4,13-14H,5-8H2,(H,15,16)(H,17,18);1-6H,7-8H2,(H,15,16)(H,17,18);10-11H,1-7H2,(H,12,13)(H,14,15);4-5H,1-3,6-7H2,(H,12,13)(H,14,15). The molecule has 0 bridgehead atoms. The number of aliphatic imine (C=N–C) groups is 4. The van der Waals surface area contributed by atoms with Gasteiger partial charge in [-0.3, -0.25) is 58.3 Å². The van der Waals surface area contributed by atoms with E-state index in [9.17, 15) is 38.4 Å². The molecule has 0 aliphatic rings. The predicted octanol–water partition coefficient (Wildman–Crippen LogP) is 0.701. The Labute approximate surface area is 380 Å². The van der Waals surface area contributed by atoms with Crippen molar-refractivity contribution in [3.63, 3.8) is 0 Å². The number of benzene rings is 2. The first-order valence-corrected chi connectivity index (χ1v) is 20.1. The molecule has 12 N–H and O–H groups in total. The van der Waals surface area contributed by atoms with E-state index in [0.29, 0.717) is 50.1 Å². The van der Waals surface area contributed by atoms with Gasteiger partial charge in [0.05, 0.1) is 26.2 Å². The van der Waals surface area contributed by atoms with Crippen molar-refractivity contribution in [3.05, 3.63) is 70.8 Å². The molecule has 0 atom stereocenters. The number of aliphatic carboxylic acids is 8. The Morgan fingerprint density at radius 1 is 0.394 bits per heavy atom. The minimum atomic E-state index is -1.01. The molecule has 24 nitrogen and oxygen atoms in total. The van der Waals surface area contributed by atoms with Gasteiger partial charge in [-0.05, 0) is 68.7 Å². The van der Waals surface area contributed by atoms with Crippen LogP contribution in [-0.4, -0.2) is 179 Å². The Balaban J connectivity index is 0. The molecule has 2 aromatic carbocycles. The number of nitrogens with one attached hydrogen (secondary N) is 4. The molecule has 2 aromatic rings. The monoisotopic (exact) mass is 932 g/mol. The quantitative estimate of drug-likeness (QED) is 0.0355. The maximum Gasteiger partial charge on any atom is 0.325 e. The molecule has 364 valence electrons. The van der Waals surface area contributed by atoms with Gasteiger partial charge in [0.2, 0.25) is 0 Å². The molecule has 0 radical (unpaired) electrons. The summed E-state index contributed by atoms with van der Waals surface area (Å²) in [5.41, 5.74) is 3.29. The van der Waals surface area contributed by atoms with E-state index in [1.165, 1.54) is 12.4 Å². The average Bonchev–Trinajstić information content (AvgIpc) is 3.23. The van der Waals surface area contributed by atoms with Crippen molar-refractivity contribution in [1.29, 1.82) is 0 Å². The van der Waals surface area contributed by atoms with Gasteiger partial charge in [0.25, 0.3) is 0 Å². The van der Waals surface area contributed by atoms with Crippen LogP contribution in [0.25, 0.3) is 0 Å². The van der Waals surface area contributed by atoms with Crippen LogP contribution in [0.4, 0.5) is 0 Å². The van der Waals surface area contributed by atoms with Crippen LogP contribution >= 0.6 is 0 Å². The molecule has 66 heavy (non-hydrogen) atoms. The zero-order valence-corrected chi connectivity index (χ0v) is 36.3. The zero-order valence-electron chi connectivity index (χ0n) is 36.3. The third-order valence-electron chi connectivity index (χ3n) is 7.35. The maximum atomic E-state index is 10.4. The first kappa shape index (κ1) is 60.8. The van der Waals surface area contributed by atoms with E-state index in [1.807, 2.05) is 24.3 Å². The number of nitrogens with zero attached hydrogens (tertiary/aromatic N) is 4. The normalized spacial score (nSPS) is 10.7. The van der Waals surface area contributed by atoms with E-state index in [1.54, 1.807) is 36.7 Å². The predicted molar refractivity (Wildman–Crippen MR) is 242 cm³/mol. The van der Waals surface area contributed by atoms with Gasteiger partial charge in [0.1, 0.15) is 26.2 Å². The van der Waals surface area contributed by atoms with Gasteiger partial charge in [-0.1, -0.05) is 55.0 Å². The lowest BCUT2D eigenvalue weighted by Gasteiger charge is -2.10. The van der Waals surface area contributed by atoms with Crippen LogP contribution in [0, 0.1) is 0 Å². The lowest BCUT2D eigenvalue weighted by molar-refractivity contribution is -0.137. The lowest BCUT2D eigenvalue weighted by atomic mass is 10.1. The Bertz CT molecular complexity index is 1760. The van der Waals surface area contributed by atoms with Crippen LogP contribution in [0.1, 0.15) is 60.8 Å². The van der Waals surface area contributed by atoms with Crippen LogP contribution in [0.2, 0.25) is 0 Å². The van der Waals surface area contributed by atoms with Crippen LogP contribution < -0.4 is 21.3 Å². The largest absolute Gasteiger partial charge is 0.480 e. The van der Waals surface area contributed by atoms with Gasteiger partial charge in [-0.15, -0.1) is 0 Å². The second kappa shape index (κ2) is 41.7. The van der Waals surface area contributed by atoms with E-state index in [0.717, 1.165) is 36.8 Å². The van der Waals surface area contributed by atoms with Gasteiger partial charge in [-0.2, -0.15) is 0 Å². The molecule has 0 saturated heterocycles. The molecular formula is C42H60N8O16. The van der Waals surface area contributed by atoms with Crippen molar-refractivity contribution in [2.45, 2.75) is 51.6 Å². The van der Waals surface area contributed by atoms with Crippen LogP contribution in [-0.2, 0) is 51.4 Å². The van der Waals surface area contributed by atoms with Gasteiger partial charge in [0, 0.05) is 36.6 Å². The molecule has 2 rings (SSSR count). The van der Waals surface area contributed by atoms with Crippen molar-refractivity contribution in [2.75, 3.05) is 65.4 Å². The molecule has 0 heterocycles. The SMILES string of the molecule is O=C(O)CN=CCCCC=NCC(=O)O.O=C(O)CN=Cc1ccccc1C=NCC(=O)O.O=C(O)CNCCCCCNCC(=O)O.O=C(O)CNCc1ccccc1CNCC(=O)O. The molecule has 0 aliphatic heterocycles. The summed E-state index contributed by atoms with van der Waals surface area (Å²) in [6.45, 7) is 1.04. The van der Waals surface area contributed by atoms with Crippen LogP contribution in [0.15, 0.2) is 68.5 Å². The highest BCUT2D eigenvalue weighted by atomic mass is 16.4. The van der Waals surface area contributed by atoms with Crippen molar-refractivity contribution in [2.24, 2.45) is 20.0 Å². The fourth-order valence-corrected chi connectivity index (χ4v) is 4.54. The zero-order chi connectivity index (χ0) is 49.8. The molecule has 0 aromatic heterocycles. The topological polar surface area (TPSA) is 396 Å². The maximum absolute atomic E-state index is 10.4. The van der Waals surface area contributed by atoms with E-state index in [2.05, 4.69) is 41.2 Å². The Morgan fingerprint density at radius 2 is 0.712 bits per heavy atom. The first-order chi connectivity index (χ1) is 31.4. The van der Waals surface area contributed by atoms with Crippen molar-refractivity contribution in [3.8, 4) is 0 Å². The molecule has 0 saturated carbocycles. The minimum absolute atomic E-state index is 0.00271. The van der Waals surface area contributed by atoms with Gasteiger partial charge in [-0.25, -0.2) is 0 Å². The molecule has 0 fully saturated rings. The summed E-state index contributed by atoms with van der Waals surface area (Å²) in [6.07, 6.45) is 10.9. The number of carboxylic acid groups (broad SMARTS) is 8. The summed E-state index contributed by atoms with van der Waals surface area (Å²) in [5, 5.41) is 78.2. The number of unbranched alkanes of at least 4 members (excludes halogenated alkanes) is 4. The molecule has 0 aliphatic carbocycles. The smallest absolute Gasteiger partial charge is 0.325 e. The second-order valence-corrected chi connectivity index (χ2v) is 13.1. The Kier molecular flexibility index (Phi) is 38.4. The van der Waals surface area contributed by atoms with Gasteiger partial charge in [0.15, 0.2) is 0 Å². The highest BCUT2D eigenvalue weighted by Gasteiger charge is 2.04. The number of rotatable bonds is 32. The van der Waals surface area contributed by atoms with E-state index >= 15 is 0 Å². The summed E-state index contributed by atoms with van der Waals surface area (Å²) in [4.78, 5) is 96.5. The lowest BCUT2D eigenvalue weighted by Crippen LogP contribution is -2.25. The summed E-state index contributed by atoms with van der Waals surface area (Å²) in [7, 11) is 0. The first-order valence-electron chi connectivity index (χ1n) is 20.1. The third kappa shape index (κ3) is 44.8. The van der Waals surface area contributed by atoms with Crippen molar-refractivity contribution in [1.82, 2.24) is 21.3 Å².